The summed E-state index contributed by atoms with van der Waals surface area (Å²) in [6, 6.07) is 27.8. The maximum Gasteiger partial charge on any atom is 0.303 e. The Kier molecular flexibility index (Phi) is 9.31. The Morgan fingerprint density at radius 1 is 0.750 bits per heavy atom. The minimum Gasteiger partial charge on any atom is -0.456 e. The Hall–Kier alpha value is -4.05. The minimum atomic E-state index is -1.58. The zero-order valence-corrected chi connectivity index (χ0v) is 22.6. The fraction of sp³-hybridized carbons (Fsp3) is 0.323. The van der Waals surface area contributed by atoms with Gasteiger partial charge in [0.15, 0.2) is 18.5 Å². The van der Waals surface area contributed by atoms with Crippen molar-refractivity contribution in [2.75, 3.05) is 6.61 Å². The quantitative estimate of drug-likeness (QED) is 0.310. The number of benzene rings is 3. The van der Waals surface area contributed by atoms with E-state index < -0.39 is 54.1 Å². The number of carbonyl (C=O) groups excluding carboxylic acids is 3. The number of amides is 1. The molecule has 210 valence electrons. The molecule has 0 aromatic heterocycles. The molecule has 1 fully saturated rings. The first-order valence-electron chi connectivity index (χ1n) is 13.0. The molecule has 0 bridgehead atoms. The highest BCUT2D eigenvalue weighted by Gasteiger charge is 2.51. The first kappa shape index (κ1) is 28.9. The third kappa shape index (κ3) is 6.39. The number of esters is 2. The molecule has 0 radical (unpaired) electrons. The zero-order valence-electron chi connectivity index (χ0n) is 22.6. The van der Waals surface area contributed by atoms with E-state index in [1.54, 1.807) is 0 Å². The second-order valence-corrected chi connectivity index (χ2v) is 9.53. The lowest BCUT2D eigenvalue weighted by atomic mass is 9.80. The van der Waals surface area contributed by atoms with E-state index in [0.29, 0.717) is 0 Å². The number of aliphatic hydroxyl groups excluding tert-OH is 1. The number of carbonyl (C=O) groups is 3. The molecule has 0 aliphatic carbocycles. The van der Waals surface area contributed by atoms with Crippen molar-refractivity contribution < 1.29 is 38.4 Å². The van der Waals surface area contributed by atoms with Gasteiger partial charge in [-0.25, -0.2) is 0 Å². The van der Waals surface area contributed by atoms with Gasteiger partial charge in [-0.05, 0) is 16.7 Å². The molecule has 4 rings (SSSR count). The predicted octanol–water partition coefficient (Wildman–Crippen LogP) is 3.08. The molecular formula is C31H33NO8. The average Bonchev–Trinajstić information content (AvgIpc) is 2.94. The molecule has 1 aliphatic heterocycles. The number of hydrogen-bond acceptors (Lipinski definition) is 8. The van der Waals surface area contributed by atoms with E-state index >= 15 is 0 Å². The summed E-state index contributed by atoms with van der Waals surface area (Å²) in [4.78, 5) is 36.1. The van der Waals surface area contributed by atoms with E-state index in [9.17, 15) is 19.5 Å². The summed E-state index contributed by atoms with van der Waals surface area (Å²) in [6.45, 7) is 3.47. The third-order valence-electron chi connectivity index (χ3n) is 6.64. The second kappa shape index (κ2) is 12.9. The Balaban J connectivity index is 1.79. The number of aliphatic hydroxyl groups is 1. The van der Waals surface area contributed by atoms with Crippen LogP contribution in [-0.2, 0) is 38.9 Å². The van der Waals surface area contributed by atoms with Gasteiger partial charge in [-0.3, -0.25) is 14.4 Å². The lowest BCUT2D eigenvalue weighted by Gasteiger charge is -2.45. The van der Waals surface area contributed by atoms with Crippen LogP contribution in [0.25, 0.3) is 0 Å². The van der Waals surface area contributed by atoms with Crippen molar-refractivity contribution in [2.24, 2.45) is 0 Å². The van der Waals surface area contributed by atoms with Crippen LogP contribution in [-0.4, -0.2) is 60.2 Å². The predicted molar refractivity (Wildman–Crippen MR) is 145 cm³/mol. The van der Waals surface area contributed by atoms with E-state index in [4.69, 9.17) is 18.9 Å². The van der Waals surface area contributed by atoms with Gasteiger partial charge in [0.25, 0.3) is 0 Å². The van der Waals surface area contributed by atoms with Crippen LogP contribution in [0.5, 0.6) is 0 Å². The molecule has 2 N–H and O–H groups in total. The molecule has 5 atom stereocenters. The molecule has 40 heavy (non-hydrogen) atoms. The normalized spacial score (nSPS) is 22.6. The largest absolute Gasteiger partial charge is 0.456 e. The summed E-state index contributed by atoms with van der Waals surface area (Å²) < 4.78 is 23.7. The topological polar surface area (TPSA) is 120 Å². The zero-order chi connectivity index (χ0) is 28.7. The molecule has 1 amide bonds. The standard InChI is InChI=1S/C31H33NO8/c1-20(33)32-27-29(39-22(3)35)28(38-21(2)34)26(40-30(27)36)19-37-31(23-13-7-4-8-14-23,24-15-9-5-10-16-24)25-17-11-6-12-18-25/h4-18,26-30,36H,19H2,1-3H3,(H,32,33)/t26-,27-,28+,29+,30-/m0/s1. The Bertz CT molecular complexity index is 1190. The molecule has 9 heteroatoms. The van der Waals surface area contributed by atoms with Crippen LogP contribution in [0.1, 0.15) is 37.5 Å². The van der Waals surface area contributed by atoms with Gasteiger partial charge in [0.1, 0.15) is 17.7 Å². The van der Waals surface area contributed by atoms with Crippen LogP contribution < -0.4 is 5.32 Å². The summed E-state index contributed by atoms with van der Waals surface area (Å²) in [7, 11) is 0. The highest BCUT2D eigenvalue weighted by atomic mass is 16.7. The summed E-state index contributed by atoms with van der Waals surface area (Å²) in [5, 5.41) is 13.4. The van der Waals surface area contributed by atoms with E-state index in [0.717, 1.165) is 16.7 Å². The molecule has 0 spiro atoms. The molecule has 1 aliphatic rings. The van der Waals surface area contributed by atoms with E-state index in [-0.39, 0.29) is 6.61 Å². The van der Waals surface area contributed by atoms with Gasteiger partial charge in [0.2, 0.25) is 5.91 Å². The van der Waals surface area contributed by atoms with Crippen LogP contribution in [0.4, 0.5) is 0 Å². The summed E-state index contributed by atoms with van der Waals surface area (Å²) in [5.41, 5.74) is 1.38. The van der Waals surface area contributed by atoms with Crippen LogP contribution in [0.2, 0.25) is 0 Å². The number of hydrogen-bond donors (Lipinski definition) is 2. The summed E-state index contributed by atoms with van der Waals surface area (Å²) >= 11 is 0. The van der Waals surface area contributed by atoms with Crippen molar-refractivity contribution in [3.8, 4) is 0 Å². The summed E-state index contributed by atoms with van der Waals surface area (Å²) in [6.07, 6.45) is -5.07. The van der Waals surface area contributed by atoms with Gasteiger partial charge in [-0.15, -0.1) is 0 Å². The average molecular weight is 548 g/mol. The third-order valence-corrected chi connectivity index (χ3v) is 6.64. The first-order chi connectivity index (χ1) is 19.2. The molecule has 0 saturated carbocycles. The van der Waals surface area contributed by atoms with Crippen molar-refractivity contribution in [3.63, 3.8) is 0 Å². The van der Waals surface area contributed by atoms with Gasteiger partial charge >= 0.3 is 11.9 Å². The van der Waals surface area contributed by atoms with E-state index in [2.05, 4.69) is 5.32 Å². The van der Waals surface area contributed by atoms with Crippen LogP contribution in [0.3, 0.4) is 0 Å². The highest BCUT2D eigenvalue weighted by molar-refractivity contribution is 5.73. The molecule has 1 heterocycles. The number of nitrogens with one attached hydrogen (secondary N) is 1. The van der Waals surface area contributed by atoms with Gasteiger partial charge in [-0.2, -0.15) is 0 Å². The molecular weight excluding hydrogens is 514 g/mol. The summed E-state index contributed by atoms with van der Waals surface area (Å²) in [5.74, 6) is -1.83. The molecule has 3 aromatic rings. The first-order valence-corrected chi connectivity index (χ1v) is 13.0. The van der Waals surface area contributed by atoms with Crippen molar-refractivity contribution in [2.45, 2.75) is 57.0 Å². The number of rotatable bonds is 9. The molecule has 9 nitrogen and oxygen atoms in total. The van der Waals surface area contributed by atoms with E-state index in [1.807, 2.05) is 91.0 Å². The van der Waals surface area contributed by atoms with Gasteiger partial charge in [0, 0.05) is 20.8 Å². The monoisotopic (exact) mass is 547 g/mol. The molecule has 3 aromatic carbocycles. The lowest BCUT2D eigenvalue weighted by Crippen LogP contribution is -2.66. The van der Waals surface area contributed by atoms with Gasteiger partial charge in [0.05, 0.1) is 6.61 Å². The van der Waals surface area contributed by atoms with E-state index in [1.165, 1.54) is 20.8 Å². The van der Waals surface area contributed by atoms with Gasteiger partial charge < -0.3 is 29.4 Å². The molecule has 0 unspecified atom stereocenters. The minimum absolute atomic E-state index is 0.182. The smallest absolute Gasteiger partial charge is 0.303 e. The Morgan fingerprint density at radius 3 is 1.57 bits per heavy atom. The maximum atomic E-state index is 12.2. The second-order valence-electron chi connectivity index (χ2n) is 9.53. The van der Waals surface area contributed by atoms with Crippen molar-refractivity contribution in [1.82, 2.24) is 5.32 Å². The Morgan fingerprint density at radius 2 is 1.18 bits per heavy atom. The fourth-order valence-electron chi connectivity index (χ4n) is 5.08. The van der Waals surface area contributed by atoms with Crippen LogP contribution in [0.15, 0.2) is 91.0 Å². The lowest BCUT2D eigenvalue weighted by molar-refractivity contribution is -0.269. The van der Waals surface area contributed by atoms with Crippen molar-refractivity contribution in [3.05, 3.63) is 108 Å². The van der Waals surface area contributed by atoms with Crippen LogP contribution in [0, 0.1) is 0 Å². The molecule has 1 saturated heterocycles. The highest BCUT2D eigenvalue weighted by Crippen LogP contribution is 2.41. The number of ether oxygens (including phenoxy) is 4. The van der Waals surface area contributed by atoms with Crippen molar-refractivity contribution in [1.29, 1.82) is 0 Å². The Labute approximate surface area is 233 Å². The van der Waals surface area contributed by atoms with Crippen LogP contribution >= 0.6 is 0 Å². The fourth-order valence-corrected chi connectivity index (χ4v) is 5.08. The van der Waals surface area contributed by atoms with Crippen molar-refractivity contribution >= 4 is 17.8 Å². The SMILES string of the molecule is CC(=O)N[C@H]1[C@@H](OC(C)=O)[C@H](OC(C)=O)[C@H](COC(c2ccccc2)(c2ccccc2)c2ccccc2)O[C@@H]1O. The van der Waals surface area contributed by atoms with Gasteiger partial charge in [-0.1, -0.05) is 91.0 Å². The maximum absolute atomic E-state index is 12.2.